The van der Waals surface area contributed by atoms with Crippen LogP contribution in [0.1, 0.15) is 11.3 Å². The number of carbonyl (C=O) groups excluding carboxylic acids is 1. The number of aromatic nitrogens is 1. The maximum atomic E-state index is 11.7. The summed E-state index contributed by atoms with van der Waals surface area (Å²) in [6.07, 6.45) is 5.77. The SMILES string of the molecule is O=C(/C=C/c1cncs1)NCCCOc1ccc2ccccc2c1. The molecule has 1 aromatic heterocycles. The number of hydrogen-bond acceptors (Lipinski definition) is 4. The summed E-state index contributed by atoms with van der Waals surface area (Å²) in [7, 11) is 0. The molecular weight excluding hydrogens is 320 g/mol. The Hall–Kier alpha value is -2.66. The summed E-state index contributed by atoms with van der Waals surface area (Å²) < 4.78 is 5.74. The smallest absolute Gasteiger partial charge is 0.244 e. The fourth-order valence-electron chi connectivity index (χ4n) is 2.26. The summed E-state index contributed by atoms with van der Waals surface area (Å²) in [4.78, 5) is 16.6. The first-order valence-electron chi connectivity index (χ1n) is 7.77. The van der Waals surface area contributed by atoms with Gasteiger partial charge >= 0.3 is 0 Å². The Morgan fingerprint density at radius 1 is 1.21 bits per heavy atom. The van der Waals surface area contributed by atoms with Crippen LogP contribution in [-0.2, 0) is 4.79 Å². The minimum atomic E-state index is -0.103. The summed E-state index contributed by atoms with van der Waals surface area (Å²) in [6, 6.07) is 14.2. The molecule has 2 aromatic carbocycles. The molecule has 5 heteroatoms. The Bertz CT molecular complexity index is 828. The average molecular weight is 338 g/mol. The molecule has 0 saturated carbocycles. The fraction of sp³-hybridized carbons (Fsp3) is 0.158. The van der Waals surface area contributed by atoms with Crippen LogP contribution in [0.2, 0.25) is 0 Å². The third-order valence-electron chi connectivity index (χ3n) is 3.46. The normalized spacial score (nSPS) is 11.0. The second-order valence-electron chi connectivity index (χ2n) is 5.24. The van der Waals surface area contributed by atoms with Crippen molar-refractivity contribution in [3.63, 3.8) is 0 Å². The van der Waals surface area contributed by atoms with Crippen LogP contribution in [0.4, 0.5) is 0 Å². The van der Waals surface area contributed by atoms with Gasteiger partial charge in [-0.2, -0.15) is 0 Å². The zero-order valence-electron chi connectivity index (χ0n) is 13.1. The Balaban J connectivity index is 1.38. The van der Waals surface area contributed by atoms with Gasteiger partial charge in [-0.3, -0.25) is 9.78 Å². The van der Waals surface area contributed by atoms with Gasteiger partial charge in [0.1, 0.15) is 5.75 Å². The van der Waals surface area contributed by atoms with E-state index in [0.29, 0.717) is 13.2 Å². The molecule has 0 fully saturated rings. The van der Waals surface area contributed by atoms with Crippen LogP contribution >= 0.6 is 11.3 Å². The standard InChI is InChI=1S/C19H18N2O2S/c22-19(9-8-18-13-20-14-24-18)21-10-3-11-23-17-7-6-15-4-1-2-5-16(15)12-17/h1-2,4-9,12-14H,3,10-11H2,(H,21,22)/b9-8+. The molecule has 1 heterocycles. The number of benzene rings is 2. The predicted molar refractivity (Wildman–Crippen MR) is 98.2 cm³/mol. The summed E-state index contributed by atoms with van der Waals surface area (Å²) in [5, 5.41) is 5.20. The lowest BCUT2D eigenvalue weighted by Crippen LogP contribution is -2.23. The van der Waals surface area contributed by atoms with Gasteiger partial charge in [-0.05, 0) is 35.4 Å². The number of nitrogens with zero attached hydrogens (tertiary/aromatic N) is 1. The molecule has 122 valence electrons. The van der Waals surface area contributed by atoms with Crippen LogP contribution in [-0.4, -0.2) is 24.0 Å². The van der Waals surface area contributed by atoms with E-state index in [2.05, 4.69) is 28.5 Å². The number of nitrogens with one attached hydrogen (secondary N) is 1. The van der Waals surface area contributed by atoms with Gasteiger partial charge in [0.15, 0.2) is 0 Å². The molecule has 0 aliphatic heterocycles. The third-order valence-corrected chi connectivity index (χ3v) is 4.20. The molecule has 0 radical (unpaired) electrons. The lowest BCUT2D eigenvalue weighted by molar-refractivity contribution is -0.116. The van der Waals surface area contributed by atoms with Crippen molar-refractivity contribution in [2.75, 3.05) is 13.2 Å². The van der Waals surface area contributed by atoms with Crippen molar-refractivity contribution < 1.29 is 9.53 Å². The van der Waals surface area contributed by atoms with Crippen LogP contribution in [0, 0.1) is 0 Å². The van der Waals surface area contributed by atoms with E-state index in [1.165, 1.54) is 22.8 Å². The number of thiazole rings is 1. The highest BCUT2D eigenvalue weighted by molar-refractivity contribution is 7.10. The van der Waals surface area contributed by atoms with Gasteiger partial charge in [0.05, 0.1) is 12.1 Å². The lowest BCUT2D eigenvalue weighted by Gasteiger charge is -2.07. The van der Waals surface area contributed by atoms with E-state index in [4.69, 9.17) is 4.74 Å². The molecule has 0 aliphatic carbocycles. The summed E-state index contributed by atoms with van der Waals surface area (Å²) in [5.41, 5.74) is 1.74. The molecule has 0 aliphatic rings. The zero-order chi connectivity index (χ0) is 16.6. The van der Waals surface area contributed by atoms with Crippen molar-refractivity contribution in [2.45, 2.75) is 6.42 Å². The first-order valence-corrected chi connectivity index (χ1v) is 8.65. The highest BCUT2D eigenvalue weighted by atomic mass is 32.1. The first kappa shape index (κ1) is 16.2. The van der Waals surface area contributed by atoms with Crippen molar-refractivity contribution in [1.29, 1.82) is 0 Å². The third kappa shape index (κ3) is 4.67. The summed E-state index contributed by atoms with van der Waals surface area (Å²) in [6.45, 7) is 1.15. The summed E-state index contributed by atoms with van der Waals surface area (Å²) in [5.74, 6) is 0.749. The van der Waals surface area contributed by atoms with Crippen molar-refractivity contribution in [2.24, 2.45) is 0 Å². The second-order valence-corrected chi connectivity index (χ2v) is 6.16. The molecule has 0 bridgehead atoms. The van der Waals surface area contributed by atoms with E-state index in [9.17, 15) is 4.79 Å². The first-order chi connectivity index (χ1) is 11.8. The Morgan fingerprint density at radius 3 is 2.92 bits per heavy atom. The van der Waals surface area contributed by atoms with E-state index < -0.39 is 0 Å². The van der Waals surface area contributed by atoms with Gasteiger partial charge in [-0.25, -0.2) is 0 Å². The quantitative estimate of drug-likeness (QED) is 0.525. The number of fused-ring (bicyclic) bond motifs is 1. The van der Waals surface area contributed by atoms with Gasteiger partial charge in [0.25, 0.3) is 0 Å². The van der Waals surface area contributed by atoms with E-state index in [1.807, 2.05) is 24.3 Å². The van der Waals surface area contributed by atoms with Gasteiger partial charge < -0.3 is 10.1 Å². The molecule has 3 aromatic rings. The Kier molecular flexibility index (Phi) is 5.58. The molecule has 4 nitrogen and oxygen atoms in total. The van der Waals surface area contributed by atoms with Crippen LogP contribution < -0.4 is 10.1 Å². The monoisotopic (exact) mass is 338 g/mol. The van der Waals surface area contributed by atoms with E-state index >= 15 is 0 Å². The molecule has 0 spiro atoms. The molecule has 1 N–H and O–H groups in total. The highest BCUT2D eigenvalue weighted by Gasteiger charge is 1.99. The van der Waals surface area contributed by atoms with Crippen molar-refractivity contribution in [3.05, 3.63) is 65.1 Å². The molecule has 3 rings (SSSR count). The van der Waals surface area contributed by atoms with Gasteiger partial charge in [0, 0.05) is 23.7 Å². The Labute approximate surface area is 144 Å². The molecule has 0 unspecified atom stereocenters. The van der Waals surface area contributed by atoms with Gasteiger partial charge in [-0.15, -0.1) is 11.3 Å². The van der Waals surface area contributed by atoms with Crippen LogP contribution in [0.25, 0.3) is 16.8 Å². The van der Waals surface area contributed by atoms with Crippen molar-refractivity contribution in [3.8, 4) is 5.75 Å². The average Bonchev–Trinajstić information content (AvgIpc) is 3.13. The van der Waals surface area contributed by atoms with Crippen LogP contribution in [0.15, 0.2) is 60.2 Å². The van der Waals surface area contributed by atoms with E-state index in [-0.39, 0.29) is 5.91 Å². The minimum absolute atomic E-state index is 0.103. The second kappa shape index (κ2) is 8.26. The number of ether oxygens (including phenoxy) is 1. The highest BCUT2D eigenvalue weighted by Crippen LogP contribution is 2.20. The fourth-order valence-corrected chi connectivity index (χ4v) is 2.77. The van der Waals surface area contributed by atoms with Crippen LogP contribution in [0.3, 0.4) is 0 Å². The zero-order valence-corrected chi connectivity index (χ0v) is 14.0. The van der Waals surface area contributed by atoms with Crippen molar-refractivity contribution >= 4 is 34.1 Å². The lowest BCUT2D eigenvalue weighted by atomic mass is 10.1. The molecule has 0 saturated heterocycles. The van der Waals surface area contributed by atoms with E-state index in [1.54, 1.807) is 17.8 Å². The number of amides is 1. The van der Waals surface area contributed by atoms with Crippen LogP contribution in [0.5, 0.6) is 5.75 Å². The van der Waals surface area contributed by atoms with Crippen molar-refractivity contribution in [1.82, 2.24) is 10.3 Å². The minimum Gasteiger partial charge on any atom is -0.494 e. The molecule has 0 atom stereocenters. The van der Waals surface area contributed by atoms with E-state index in [0.717, 1.165) is 22.4 Å². The molecule has 1 amide bonds. The Morgan fingerprint density at radius 2 is 2.08 bits per heavy atom. The predicted octanol–water partition coefficient (Wildman–Crippen LogP) is 3.89. The van der Waals surface area contributed by atoms with Gasteiger partial charge in [-0.1, -0.05) is 30.3 Å². The summed E-state index contributed by atoms with van der Waals surface area (Å²) >= 11 is 1.50. The number of hydrogen-bond donors (Lipinski definition) is 1. The number of carbonyl (C=O) groups is 1. The number of rotatable bonds is 7. The maximum absolute atomic E-state index is 11.7. The largest absolute Gasteiger partial charge is 0.494 e. The van der Waals surface area contributed by atoms with Gasteiger partial charge in [0.2, 0.25) is 5.91 Å². The topological polar surface area (TPSA) is 51.2 Å². The molecule has 24 heavy (non-hydrogen) atoms. The molecular formula is C19H18N2O2S. The maximum Gasteiger partial charge on any atom is 0.244 e.